The van der Waals surface area contributed by atoms with E-state index in [0.29, 0.717) is 5.17 Å². The zero-order valence-corrected chi connectivity index (χ0v) is 13.7. The Kier molecular flexibility index (Phi) is 4.05. The van der Waals surface area contributed by atoms with Gasteiger partial charge in [0.1, 0.15) is 0 Å². The van der Waals surface area contributed by atoms with Crippen LogP contribution in [0, 0.1) is 0 Å². The van der Waals surface area contributed by atoms with Crippen LogP contribution in [0.2, 0.25) is 0 Å². The SMILES string of the molecule is CC(=O)C1(C)SC(N(c2ccccc2)c2ccccc2)=NC1=O. The number of carbonyl (C=O) groups is 2. The van der Waals surface area contributed by atoms with Crippen LogP contribution in [0.3, 0.4) is 0 Å². The molecule has 23 heavy (non-hydrogen) atoms. The average molecular weight is 324 g/mol. The third-order valence-electron chi connectivity index (χ3n) is 3.79. The lowest BCUT2D eigenvalue weighted by molar-refractivity contribution is -0.127. The summed E-state index contributed by atoms with van der Waals surface area (Å²) in [5, 5.41) is 0.519. The van der Waals surface area contributed by atoms with Gasteiger partial charge in [0, 0.05) is 11.4 Å². The zero-order chi connectivity index (χ0) is 16.4. The van der Waals surface area contributed by atoms with Crippen molar-refractivity contribution < 1.29 is 9.59 Å². The molecule has 1 aliphatic heterocycles. The number of hydrogen-bond acceptors (Lipinski definition) is 4. The first kappa shape index (κ1) is 15.5. The van der Waals surface area contributed by atoms with Crippen LogP contribution in [0.15, 0.2) is 65.7 Å². The highest BCUT2D eigenvalue weighted by Gasteiger charge is 2.47. The van der Waals surface area contributed by atoms with Crippen molar-refractivity contribution in [3.05, 3.63) is 60.7 Å². The molecule has 1 aliphatic rings. The first-order chi connectivity index (χ1) is 11.0. The number of thioether (sulfide) groups is 1. The molecule has 1 unspecified atom stereocenters. The Bertz CT molecular complexity index is 735. The lowest BCUT2D eigenvalue weighted by atomic mass is 10.1. The molecule has 2 aromatic rings. The van der Waals surface area contributed by atoms with E-state index >= 15 is 0 Å². The molecule has 0 spiro atoms. The minimum Gasteiger partial charge on any atom is -0.298 e. The van der Waals surface area contributed by atoms with Crippen molar-refractivity contribution in [3.63, 3.8) is 0 Å². The number of para-hydroxylation sites is 2. The summed E-state index contributed by atoms with van der Waals surface area (Å²) in [5.74, 6) is -0.589. The molecule has 4 nitrogen and oxygen atoms in total. The van der Waals surface area contributed by atoms with Crippen molar-refractivity contribution in [2.24, 2.45) is 4.99 Å². The second-order valence-electron chi connectivity index (χ2n) is 5.40. The third-order valence-corrected chi connectivity index (χ3v) is 5.12. The Hall–Kier alpha value is -2.40. The molecule has 0 radical (unpaired) electrons. The van der Waals surface area contributed by atoms with Crippen molar-refractivity contribution in [1.82, 2.24) is 0 Å². The quantitative estimate of drug-likeness (QED) is 0.806. The number of amides is 1. The van der Waals surface area contributed by atoms with Crippen LogP contribution in [-0.2, 0) is 9.59 Å². The fourth-order valence-electron chi connectivity index (χ4n) is 2.28. The molecule has 5 heteroatoms. The van der Waals surface area contributed by atoms with Crippen LogP contribution in [-0.4, -0.2) is 21.6 Å². The van der Waals surface area contributed by atoms with Gasteiger partial charge in [-0.05, 0) is 38.1 Å². The van der Waals surface area contributed by atoms with Crippen LogP contribution in [0.4, 0.5) is 11.4 Å². The van der Waals surface area contributed by atoms with Crippen LogP contribution in [0.1, 0.15) is 13.8 Å². The van der Waals surface area contributed by atoms with Crippen LogP contribution >= 0.6 is 11.8 Å². The number of benzene rings is 2. The molecule has 0 N–H and O–H groups in total. The van der Waals surface area contributed by atoms with Crippen molar-refractivity contribution in [3.8, 4) is 0 Å². The van der Waals surface area contributed by atoms with Gasteiger partial charge in [-0.25, -0.2) is 0 Å². The van der Waals surface area contributed by atoms with Gasteiger partial charge < -0.3 is 0 Å². The van der Waals surface area contributed by atoms with Crippen molar-refractivity contribution >= 4 is 40.0 Å². The number of Topliss-reactive ketones (excluding diaryl/α,β-unsaturated/α-hetero) is 1. The van der Waals surface area contributed by atoms with Crippen molar-refractivity contribution in [2.45, 2.75) is 18.6 Å². The second kappa shape index (κ2) is 6.01. The maximum atomic E-state index is 12.3. The number of amidine groups is 1. The summed E-state index contributed by atoms with van der Waals surface area (Å²) in [6.07, 6.45) is 0. The highest BCUT2D eigenvalue weighted by atomic mass is 32.2. The average Bonchev–Trinajstić information content (AvgIpc) is 2.86. The Balaban J connectivity index is 2.06. The lowest BCUT2D eigenvalue weighted by Crippen LogP contribution is -2.35. The number of anilines is 2. The normalized spacial score (nSPS) is 20.3. The lowest BCUT2D eigenvalue weighted by Gasteiger charge is -2.25. The summed E-state index contributed by atoms with van der Waals surface area (Å²) in [6.45, 7) is 3.06. The van der Waals surface area contributed by atoms with Gasteiger partial charge >= 0.3 is 0 Å². The van der Waals surface area contributed by atoms with E-state index < -0.39 is 10.7 Å². The highest BCUT2D eigenvalue weighted by molar-refractivity contribution is 8.17. The van der Waals surface area contributed by atoms with E-state index in [0.717, 1.165) is 11.4 Å². The minimum absolute atomic E-state index is 0.188. The van der Waals surface area contributed by atoms with Gasteiger partial charge in [0.25, 0.3) is 5.91 Å². The van der Waals surface area contributed by atoms with Crippen LogP contribution in [0.5, 0.6) is 0 Å². The smallest absolute Gasteiger partial charge is 0.272 e. The highest BCUT2D eigenvalue weighted by Crippen LogP contribution is 2.40. The molecule has 116 valence electrons. The number of aliphatic imine (C=N–C) groups is 1. The van der Waals surface area contributed by atoms with Gasteiger partial charge in [0.05, 0.1) is 0 Å². The standard InChI is InChI=1S/C18H16N2O2S/c1-13(21)18(2)16(22)19-17(23-18)20(14-9-5-3-6-10-14)15-11-7-4-8-12-15/h3-12H,1-2H3. The van der Waals surface area contributed by atoms with E-state index in [4.69, 9.17) is 0 Å². The number of carbonyl (C=O) groups excluding carboxylic acids is 2. The maximum Gasteiger partial charge on any atom is 0.272 e. The van der Waals surface area contributed by atoms with E-state index in [-0.39, 0.29) is 5.78 Å². The molecule has 0 saturated heterocycles. The molecule has 1 heterocycles. The predicted molar refractivity (Wildman–Crippen MR) is 94.1 cm³/mol. The van der Waals surface area contributed by atoms with Gasteiger partial charge in [-0.1, -0.05) is 48.2 Å². The summed E-state index contributed by atoms with van der Waals surface area (Å²) in [6, 6.07) is 19.4. The molecule has 0 bridgehead atoms. The van der Waals surface area contributed by atoms with E-state index in [9.17, 15) is 9.59 Å². The Morgan fingerprint density at radius 2 is 1.48 bits per heavy atom. The maximum absolute atomic E-state index is 12.3. The van der Waals surface area contributed by atoms with Gasteiger partial charge in [0.2, 0.25) is 0 Å². The van der Waals surface area contributed by atoms with Crippen molar-refractivity contribution in [1.29, 1.82) is 0 Å². The molecule has 3 rings (SSSR count). The van der Waals surface area contributed by atoms with Gasteiger partial charge in [-0.2, -0.15) is 4.99 Å². The molecule has 0 aromatic heterocycles. The topological polar surface area (TPSA) is 49.7 Å². The van der Waals surface area contributed by atoms with Gasteiger partial charge in [0.15, 0.2) is 15.7 Å². The first-order valence-corrected chi connectivity index (χ1v) is 8.07. The monoisotopic (exact) mass is 324 g/mol. The van der Waals surface area contributed by atoms with E-state index in [1.165, 1.54) is 18.7 Å². The summed E-state index contributed by atoms with van der Waals surface area (Å²) in [4.78, 5) is 30.2. The Morgan fingerprint density at radius 3 is 1.87 bits per heavy atom. The van der Waals surface area contributed by atoms with E-state index in [2.05, 4.69) is 4.99 Å². The molecule has 0 aliphatic carbocycles. The first-order valence-electron chi connectivity index (χ1n) is 7.26. The van der Waals surface area contributed by atoms with Gasteiger partial charge in [-0.3, -0.25) is 14.5 Å². The summed E-state index contributed by atoms with van der Waals surface area (Å²) < 4.78 is -1.14. The predicted octanol–water partition coefficient (Wildman–Crippen LogP) is 3.80. The number of nitrogens with zero attached hydrogens (tertiary/aromatic N) is 2. The fraction of sp³-hybridized carbons (Fsp3) is 0.167. The van der Waals surface area contributed by atoms with Crippen molar-refractivity contribution in [2.75, 3.05) is 4.90 Å². The van der Waals surface area contributed by atoms with Crippen LogP contribution < -0.4 is 4.90 Å². The molecule has 0 fully saturated rings. The van der Waals surface area contributed by atoms with Crippen LogP contribution in [0.25, 0.3) is 0 Å². The summed E-state index contributed by atoms with van der Waals surface area (Å²) in [7, 11) is 0. The summed E-state index contributed by atoms with van der Waals surface area (Å²) >= 11 is 1.20. The molecule has 0 saturated carbocycles. The largest absolute Gasteiger partial charge is 0.298 e. The second-order valence-corrected chi connectivity index (χ2v) is 6.78. The molecule has 2 aromatic carbocycles. The third kappa shape index (κ3) is 2.80. The molecular weight excluding hydrogens is 308 g/mol. The molecule has 1 amide bonds. The number of hydrogen-bond donors (Lipinski definition) is 0. The van der Waals surface area contributed by atoms with Gasteiger partial charge in [-0.15, -0.1) is 0 Å². The Morgan fingerprint density at radius 1 is 1.00 bits per heavy atom. The fourth-order valence-corrected chi connectivity index (χ4v) is 3.36. The zero-order valence-electron chi connectivity index (χ0n) is 12.9. The molecule has 1 atom stereocenters. The Labute approximate surface area is 139 Å². The van der Waals surface area contributed by atoms with E-state index in [1.54, 1.807) is 6.92 Å². The molecular formula is C18H16N2O2S. The number of rotatable bonds is 3. The summed E-state index contributed by atoms with van der Waals surface area (Å²) in [5.41, 5.74) is 1.79. The number of ketones is 1. The minimum atomic E-state index is -1.14. The van der Waals surface area contributed by atoms with E-state index in [1.807, 2.05) is 65.6 Å².